The van der Waals surface area contributed by atoms with Crippen LogP contribution in [-0.4, -0.2) is 21.7 Å². The van der Waals surface area contributed by atoms with Gasteiger partial charge < -0.3 is 9.52 Å². The zero-order chi connectivity index (χ0) is 20.5. The Kier molecular flexibility index (Phi) is 5.27. The molecule has 150 valence electrons. The van der Waals surface area contributed by atoms with Gasteiger partial charge in [0.1, 0.15) is 5.76 Å². The lowest BCUT2D eigenvalue weighted by atomic mass is 10.0. The number of nitrogens with zero attached hydrogens (tertiary/aromatic N) is 4. The molecule has 3 aromatic rings. The Morgan fingerprint density at radius 3 is 2.79 bits per heavy atom. The number of furan rings is 1. The summed E-state index contributed by atoms with van der Waals surface area (Å²) >= 11 is 1.45. The first-order valence-corrected chi connectivity index (χ1v) is 10.6. The number of hydrogen-bond acceptors (Lipinski definition) is 6. The van der Waals surface area contributed by atoms with Crippen molar-refractivity contribution in [2.45, 2.75) is 44.9 Å². The molecule has 0 saturated carbocycles. The predicted molar refractivity (Wildman–Crippen MR) is 107 cm³/mol. The van der Waals surface area contributed by atoms with Gasteiger partial charge in [-0.1, -0.05) is 37.2 Å². The zero-order valence-corrected chi connectivity index (χ0v) is 17.4. The maximum atomic E-state index is 13.0. The van der Waals surface area contributed by atoms with Crippen LogP contribution in [0.15, 0.2) is 46.0 Å². The molecule has 1 unspecified atom stereocenters. The van der Waals surface area contributed by atoms with E-state index in [2.05, 4.69) is 17.0 Å². The molecule has 1 amide bonds. The van der Waals surface area contributed by atoms with Gasteiger partial charge in [0.2, 0.25) is 5.91 Å². The van der Waals surface area contributed by atoms with Crippen molar-refractivity contribution >= 4 is 23.4 Å². The molecule has 3 heterocycles. The van der Waals surface area contributed by atoms with Crippen molar-refractivity contribution in [1.29, 1.82) is 0 Å². The van der Waals surface area contributed by atoms with Crippen LogP contribution < -0.4 is 14.7 Å². The molecule has 0 N–H and O–H groups in total. The predicted octanol–water partition coefficient (Wildman–Crippen LogP) is 3.21. The third kappa shape index (κ3) is 3.48. The lowest BCUT2D eigenvalue weighted by molar-refractivity contribution is -0.765. The molecule has 1 aliphatic rings. The second-order valence-corrected chi connectivity index (χ2v) is 7.99. The second kappa shape index (κ2) is 7.87. The van der Waals surface area contributed by atoms with Crippen molar-refractivity contribution in [3.63, 3.8) is 0 Å². The van der Waals surface area contributed by atoms with E-state index < -0.39 is 6.17 Å². The highest BCUT2D eigenvalue weighted by molar-refractivity contribution is 7.99. The Morgan fingerprint density at radius 2 is 2.10 bits per heavy atom. The SMILES string of the molecule is CCCCSc1nc([O-])c2[n+](n1)C(c1ccc(C)o1)N(C(C)=O)c1ccccc1-2. The summed E-state index contributed by atoms with van der Waals surface area (Å²) in [5, 5.41) is 18.1. The number of carbonyl (C=O) groups excluding carboxylic acids is 1. The van der Waals surface area contributed by atoms with Crippen LogP contribution in [0.4, 0.5) is 5.69 Å². The number of rotatable bonds is 5. The van der Waals surface area contributed by atoms with Gasteiger partial charge in [-0.15, -0.1) is 0 Å². The number of aromatic nitrogens is 3. The van der Waals surface area contributed by atoms with E-state index in [-0.39, 0.29) is 11.8 Å². The fourth-order valence-corrected chi connectivity index (χ4v) is 4.40. The number of anilines is 1. The van der Waals surface area contributed by atoms with E-state index >= 15 is 0 Å². The average Bonchev–Trinajstić information content (AvgIpc) is 3.12. The Labute approximate surface area is 173 Å². The third-order valence-electron chi connectivity index (χ3n) is 4.80. The first kappa shape index (κ1) is 19.4. The number of carbonyl (C=O) groups is 1. The Balaban J connectivity index is 1.95. The highest BCUT2D eigenvalue weighted by atomic mass is 32.2. The number of para-hydroxylation sites is 1. The smallest absolute Gasteiger partial charge is 0.325 e. The summed E-state index contributed by atoms with van der Waals surface area (Å²) in [6, 6.07) is 11.0. The lowest BCUT2D eigenvalue weighted by Crippen LogP contribution is -2.58. The molecule has 1 aliphatic heterocycles. The minimum absolute atomic E-state index is 0.166. The highest BCUT2D eigenvalue weighted by Crippen LogP contribution is 2.41. The maximum Gasteiger partial charge on any atom is 0.325 e. The van der Waals surface area contributed by atoms with E-state index in [4.69, 9.17) is 4.42 Å². The van der Waals surface area contributed by atoms with Crippen molar-refractivity contribution in [3.8, 4) is 17.1 Å². The summed E-state index contributed by atoms with van der Waals surface area (Å²) in [6.07, 6.45) is 1.37. The van der Waals surface area contributed by atoms with Gasteiger partial charge in [-0.05, 0) is 42.3 Å². The molecule has 0 fully saturated rings. The molecule has 1 atom stereocenters. The van der Waals surface area contributed by atoms with E-state index in [1.807, 2.05) is 43.3 Å². The summed E-state index contributed by atoms with van der Waals surface area (Å²) in [4.78, 5) is 18.5. The topological polar surface area (TPSA) is 86.2 Å². The largest absolute Gasteiger partial charge is 0.854 e. The molecule has 1 aromatic carbocycles. The van der Waals surface area contributed by atoms with Crippen LogP contribution in [0, 0.1) is 6.92 Å². The molecule has 0 aliphatic carbocycles. The molecule has 0 bridgehead atoms. The van der Waals surface area contributed by atoms with Crippen molar-refractivity contribution < 1.29 is 19.0 Å². The van der Waals surface area contributed by atoms with E-state index in [1.165, 1.54) is 18.7 Å². The molecule has 8 heteroatoms. The quantitative estimate of drug-likeness (QED) is 0.365. The van der Waals surface area contributed by atoms with Crippen LogP contribution >= 0.6 is 11.8 Å². The summed E-state index contributed by atoms with van der Waals surface area (Å²) in [7, 11) is 0. The summed E-state index contributed by atoms with van der Waals surface area (Å²) < 4.78 is 7.46. The van der Waals surface area contributed by atoms with Crippen molar-refractivity contribution in [3.05, 3.63) is 47.9 Å². The van der Waals surface area contributed by atoms with Crippen LogP contribution in [0.5, 0.6) is 5.88 Å². The Morgan fingerprint density at radius 1 is 1.31 bits per heavy atom. The van der Waals surface area contributed by atoms with Gasteiger partial charge in [0, 0.05) is 17.8 Å². The van der Waals surface area contributed by atoms with Crippen LogP contribution in [-0.2, 0) is 4.79 Å². The number of aryl methyl sites for hydroxylation is 1. The number of benzene rings is 1. The van der Waals surface area contributed by atoms with Crippen LogP contribution in [0.3, 0.4) is 0 Å². The number of hydrogen-bond donors (Lipinski definition) is 0. The maximum absolute atomic E-state index is 13.0. The fourth-order valence-electron chi connectivity index (χ4n) is 3.49. The normalized spacial score (nSPS) is 15.1. The molecule has 0 spiro atoms. The van der Waals surface area contributed by atoms with Crippen LogP contribution in [0.2, 0.25) is 0 Å². The molecule has 29 heavy (non-hydrogen) atoms. The fraction of sp³-hybridized carbons (Fsp3) is 0.333. The van der Waals surface area contributed by atoms with E-state index in [1.54, 1.807) is 9.58 Å². The lowest BCUT2D eigenvalue weighted by Gasteiger charge is -2.31. The van der Waals surface area contributed by atoms with Crippen LogP contribution in [0.1, 0.15) is 44.4 Å². The third-order valence-corrected chi connectivity index (χ3v) is 5.72. The number of fused-ring (bicyclic) bond motifs is 3. The Bertz CT molecular complexity index is 1070. The molecule has 0 radical (unpaired) electrons. The van der Waals surface area contributed by atoms with Crippen molar-refractivity contribution in [2.75, 3.05) is 10.7 Å². The molecular weight excluding hydrogens is 388 g/mol. The molecule has 2 aromatic heterocycles. The summed E-state index contributed by atoms with van der Waals surface area (Å²) in [6.45, 7) is 5.45. The van der Waals surface area contributed by atoms with E-state index in [9.17, 15) is 9.90 Å². The second-order valence-electron chi connectivity index (χ2n) is 6.92. The monoisotopic (exact) mass is 410 g/mol. The highest BCUT2D eigenvalue weighted by Gasteiger charge is 2.45. The zero-order valence-electron chi connectivity index (χ0n) is 16.6. The Hall–Kier alpha value is -2.87. The van der Waals surface area contributed by atoms with Crippen molar-refractivity contribution in [1.82, 2.24) is 10.1 Å². The van der Waals surface area contributed by atoms with Gasteiger partial charge in [0.15, 0.2) is 5.76 Å². The van der Waals surface area contributed by atoms with Gasteiger partial charge in [-0.25, -0.2) is 9.88 Å². The molecule has 7 nitrogen and oxygen atoms in total. The average molecular weight is 410 g/mol. The first-order valence-electron chi connectivity index (χ1n) is 9.60. The summed E-state index contributed by atoms with van der Waals surface area (Å²) in [5.74, 6) is 1.57. The number of unbranched alkanes of at least 4 members (excludes halogenated alkanes) is 1. The minimum atomic E-state index is -0.688. The van der Waals surface area contributed by atoms with Crippen molar-refractivity contribution in [2.24, 2.45) is 0 Å². The van der Waals surface area contributed by atoms with Gasteiger partial charge in [-0.3, -0.25) is 4.79 Å². The summed E-state index contributed by atoms with van der Waals surface area (Å²) in [5.41, 5.74) is 1.64. The van der Waals surface area contributed by atoms with Gasteiger partial charge in [-0.2, -0.15) is 0 Å². The minimum Gasteiger partial charge on any atom is -0.854 e. The molecule has 4 rings (SSSR count). The number of thioether (sulfide) groups is 1. The standard InChI is InChI=1S/C21H22N4O3S/c1-4-5-12-29-21-22-19(27)18-15-8-6-7-9-16(15)24(14(3)26)20(25(18)23-21)17-11-10-13(2)28-17/h6-11,20H,4-5,12H2,1-3H3. The van der Waals surface area contributed by atoms with Gasteiger partial charge in [0.25, 0.3) is 10.9 Å². The van der Waals surface area contributed by atoms with Gasteiger partial charge in [0.05, 0.1) is 17.1 Å². The first-order chi connectivity index (χ1) is 14.0. The van der Waals surface area contributed by atoms with E-state index in [0.29, 0.717) is 27.9 Å². The van der Waals surface area contributed by atoms with E-state index in [0.717, 1.165) is 24.4 Å². The molecule has 0 saturated heterocycles. The number of amides is 1. The van der Waals surface area contributed by atoms with Crippen LogP contribution in [0.25, 0.3) is 11.3 Å². The van der Waals surface area contributed by atoms with Gasteiger partial charge >= 0.3 is 6.17 Å². The molecular formula is C21H22N4O3S.